The molecular formula is C22H40O7S. The Labute approximate surface area is 182 Å². The second kappa shape index (κ2) is 19.5. The van der Waals surface area contributed by atoms with Crippen molar-refractivity contribution in [1.29, 1.82) is 0 Å². The summed E-state index contributed by atoms with van der Waals surface area (Å²) in [5, 5.41) is 0. The molecule has 0 amide bonds. The van der Waals surface area contributed by atoms with Crippen LogP contribution in [-0.2, 0) is 28.9 Å². The lowest BCUT2D eigenvalue weighted by atomic mass is 10.1. The summed E-state index contributed by atoms with van der Waals surface area (Å²) in [7, 11) is -4.82. The van der Waals surface area contributed by atoms with Gasteiger partial charge >= 0.3 is 22.3 Å². The molecule has 0 fully saturated rings. The maximum absolute atomic E-state index is 11.4. The number of hydrogen-bond acceptors (Lipinski definition) is 6. The van der Waals surface area contributed by atoms with E-state index in [9.17, 15) is 18.0 Å². The second-order valence-electron chi connectivity index (χ2n) is 7.54. The molecule has 1 N–H and O–H groups in total. The van der Waals surface area contributed by atoms with Crippen LogP contribution in [0.25, 0.3) is 0 Å². The quantitative estimate of drug-likeness (QED) is 0.110. The van der Waals surface area contributed by atoms with Gasteiger partial charge in [-0.05, 0) is 32.1 Å². The van der Waals surface area contributed by atoms with Crippen molar-refractivity contribution < 1.29 is 31.5 Å². The predicted octanol–water partition coefficient (Wildman–Crippen LogP) is 5.69. The zero-order valence-corrected chi connectivity index (χ0v) is 19.3. The number of rotatable bonds is 20. The van der Waals surface area contributed by atoms with Crippen LogP contribution < -0.4 is 0 Å². The van der Waals surface area contributed by atoms with Crippen LogP contribution in [0.1, 0.15) is 110 Å². The lowest BCUT2D eigenvalue weighted by molar-refractivity contribution is -0.147. The van der Waals surface area contributed by atoms with Crippen molar-refractivity contribution in [1.82, 2.24) is 0 Å². The molecule has 0 saturated heterocycles. The van der Waals surface area contributed by atoms with Crippen molar-refractivity contribution in [3.63, 3.8) is 0 Å². The van der Waals surface area contributed by atoms with Crippen LogP contribution in [0.5, 0.6) is 0 Å². The average molecular weight is 449 g/mol. The molecule has 0 saturated carbocycles. The molecule has 0 aromatic carbocycles. The van der Waals surface area contributed by atoms with Crippen LogP contribution in [0.3, 0.4) is 0 Å². The van der Waals surface area contributed by atoms with Crippen LogP contribution >= 0.6 is 0 Å². The van der Waals surface area contributed by atoms with E-state index in [1.165, 1.54) is 64.2 Å². The molecule has 0 radical (unpaired) electrons. The van der Waals surface area contributed by atoms with Gasteiger partial charge in [-0.2, -0.15) is 8.42 Å². The van der Waals surface area contributed by atoms with Crippen LogP contribution in [0.15, 0.2) is 12.2 Å². The fourth-order valence-corrected chi connectivity index (χ4v) is 3.29. The van der Waals surface area contributed by atoms with Crippen LogP contribution in [-0.4, -0.2) is 31.5 Å². The number of hydrogen-bond donors (Lipinski definition) is 1. The van der Waals surface area contributed by atoms with Gasteiger partial charge in [0.15, 0.2) is 0 Å². The minimum Gasteiger partial charge on any atom is -0.466 e. The van der Waals surface area contributed by atoms with Gasteiger partial charge in [0.1, 0.15) is 0 Å². The second-order valence-corrected chi connectivity index (χ2v) is 8.56. The molecule has 0 aliphatic heterocycles. The highest BCUT2D eigenvalue weighted by atomic mass is 32.3. The Bertz CT molecular complexity index is 570. The van der Waals surface area contributed by atoms with Crippen molar-refractivity contribution in [3.05, 3.63) is 12.2 Å². The number of unbranched alkanes of at least 4 members (excludes halogenated alkanes) is 12. The fourth-order valence-electron chi connectivity index (χ4n) is 2.97. The zero-order chi connectivity index (χ0) is 22.5. The first-order valence-corrected chi connectivity index (χ1v) is 12.7. The molecule has 176 valence electrons. The molecule has 0 heterocycles. The summed E-state index contributed by atoms with van der Waals surface area (Å²) in [6.45, 7) is 2.53. The Kier molecular flexibility index (Phi) is 18.6. The van der Waals surface area contributed by atoms with E-state index >= 15 is 0 Å². The van der Waals surface area contributed by atoms with Gasteiger partial charge in [-0.1, -0.05) is 76.9 Å². The van der Waals surface area contributed by atoms with Gasteiger partial charge in [0, 0.05) is 0 Å². The first-order valence-electron chi connectivity index (χ1n) is 11.4. The minimum absolute atomic E-state index is 0.277. The summed E-state index contributed by atoms with van der Waals surface area (Å²) in [4.78, 5) is 22.4. The molecule has 0 aromatic heterocycles. The molecular weight excluding hydrogens is 408 g/mol. The summed E-state index contributed by atoms with van der Waals surface area (Å²) in [5.41, 5.74) is 0. The normalized spacial score (nSPS) is 11.7. The number of carbonyl (C=O) groups excluding carboxylic acids is 2. The number of ether oxygens (including phenoxy) is 1. The van der Waals surface area contributed by atoms with E-state index in [0.29, 0.717) is 0 Å². The van der Waals surface area contributed by atoms with Crippen molar-refractivity contribution in [2.45, 2.75) is 110 Å². The summed E-state index contributed by atoms with van der Waals surface area (Å²) in [5.74, 6) is -1.78. The first-order chi connectivity index (χ1) is 14.3. The van der Waals surface area contributed by atoms with Gasteiger partial charge in [-0.15, -0.1) is 0 Å². The number of carbonyl (C=O) groups is 2. The Morgan fingerprint density at radius 3 is 1.73 bits per heavy atom. The average Bonchev–Trinajstić information content (AvgIpc) is 2.67. The Morgan fingerprint density at radius 1 is 0.733 bits per heavy atom. The highest BCUT2D eigenvalue weighted by molar-refractivity contribution is 7.81. The maximum atomic E-state index is 11.4. The lowest BCUT2D eigenvalue weighted by Crippen LogP contribution is -2.14. The minimum atomic E-state index is -4.82. The molecule has 7 nitrogen and oxygen atoms in total. The van der Waals surface area contributed by atoms with Gasteiger partial charge in [0.2, 0.25) is 0 Å². The highest BCUT2D eigenvalue weighted by Gasteiger charge is 2.15. The van der Waals surface area contributed by atoms with Gasteiger partial charge in [-0.25, -0.2) is 0 Å². The Hall–Kier alpha value is -1.41. The Balaban J connectivity index is 3.35. The molecule has 0 spiro atoms. The molecule has 0 bridgehead atoms. The van der Waals surface area contributed by atoms with Crippen molar-refractivity contribution in [3.8, 4) is 0 Å². The number of esters is 1. The third kappa shape index (κ3) is 22.9. The van der Waals surface area contributed by atoms with E-state index in [1.54, 1.807) is 0 Å². The third-order valence-corrected chi connectivity index (χ3v) is 5.05. The van der Waals surface area contributed by atoms with Crippen LogP contribution in [0, 0.1) is 0 Å². The molecule has 0 aliphatic rings. The molecule has 0 aliphatic carbocycles. The molecule has 0 atom stereocenters. The SMILES string of the molecule is CCCCCCCC/C=C\CCCCCCCCOC(=O)CCC(=O)OS(=O)(=O)O. The standard InChI is InChI=1S/C22H40O7S/c1-2-3-4-5-6-7-8-9-10-11-12-13-14-15-16-17-20-28-21(23)18-19-22(24)29-30(25,26)27/h9-10H,2-8,11-20H2,1H3,(H,25,26,27)/b10-9-. The fraction of sp³-hybridized carbons (Fsp3) is 0.818. The van der Waals surface area contributed by atoms with Gasteiger partial charge < -0.3 is 8.92 Å². The van der Waals surface area contributed by atoms with E-state index in [1.807, 2.05) is 0 Å². The molecule has 0 rings (SSSR count). The molecule has 0 aromatic rings. The lowest BCUT2D eigenvalue weighted by Gasteiger charge is -2.04. The van der Waals surface area contributed by atoms with Gasteiger partial charge in [0.25, 0.3) is 0 Å². The largest absolute Gasteiger partial charge is 0.466 e. The van der Waals surface area contributed by atoms with E-state index in [-0.39, 0.29) is 13.0 Å². The van der Waals surface area contributed by atoms with E-state index in [2.05, 4.69) is 23.3 Å². The topological polar surface area (TPSA) is 107 Å². The summed E-state index contributed by atoms with van der Waals surface area (Å²) < 4.78 is 37.7. The molecule has 0 unspecified atom stereocenters. The third-order valence-electron chi connectivity index (χ3n) is 4.65. The predicted molar refractivity (Wildman–Crippen MR) is 117 cm³/mol. The number of allylic oxidation sites excluding steroid dienone is 2. The van der Waals surface area contributed by atoms with Gasteiger partial charge in [-0.3, -0.25) is 14.1 Å². The Morgan fingerprint density at radius 2 is 1.20 bits per heavy atom. The van der Waals surface area contributed by atoms with Crippen molar-refractivity contribution in [2.24, 2.45) is 0 Å². The van der Waals surface area contributed by atoms with Crippen molar-refractivity contribution in [2.75, 3.05) is 6.61 Å². The van der Waals surface area contributed by atoms with E-state index in [4.69, 9.17) is 9.29 Å². The molecule has 30 heavy (non-hydrogen) atoms. The first kappa shape index (κ1) is 28.6. The van der Waals surface area contributed by atoms with E-state index in [0.717, 1.165) is 25.7 Å². The van der Waals surface area contributed by atoms with Crippen LogP contribution in [0.4, 0.5) is 0 Å². The maximum Gasteiger partial charge on any atom is 0.448 e. The summed E-state index contributed by atoms with van der Waals surface area (Å²) >= 11 is 0. The highest BCUT2D eigenvalue weighted by Crippen LogP contribution is 2.10. The zero-order valence-electron chi connectivity index (χ0n) is 18.5. The monoisotopic (exact) mass is 448 g/mol. The smallest absolute Gasteiger partial charge is 0.448 e. The summed E-state index contributed by atoms with van der Waals surface area (Å²) in [6, 6.07) is 0. The summed E-state index contributed by atoms with van der Waals surface area (Å²) in [6.07, 6.45) is 20.7. The van der Waals surface area contributed by atoms with E-state index < -0.39 is 28.8 Å². The van der Waals surface area contributed by atoms with Gasteiger partial charge in [0.05, 0.1) is 19.4 Å². The molecule has 8 heteroatoms. The van der Waals surface area contributed by atoms with Crippen molar-refractivity contribution >= 4 is 22.3 Å². The van der Waals surface area contributed by atoms with Crippen LogP contribution in [0.2, 0.25) is 0 Å².